The summed E-state index contributed by atoms with van der Waals surface area (Å²) in [5.74, 6) is -0.262. The maximum Gasteiger partial charge on any atom is 0.417 e. The lowest BCUT2D eigenvalue weighted by molar-refractivity contribution is -0.138. The molecule has 0 spiro atoms. The molecule has 0 atom stereocenters. The Morgan fingerprint density at radius 1 is 1.26 bits per heavy atom. The Morgan fingerprint density at radius 3 is 2.56 bits per heavy atom. The van der Waals surface area contributed by atoms with E-state index in [1.165, 1.54) is 12.3 Å². The summed E-state index contributed by atoms with van der Waals surface area (Å²) in [5.41, 5.74) is 0.320. The van der Waals surface area contributed by atoms with Gasteiger partial charge < -0.3 is 15.5 Å². The first kappa shape index (κ1) is 18.5. The molecule has 2 aromatic rings. The average Bonchev–Trinajstić information content (AvgIpc) is 3.36. The van der Waals surface area contributed by atoms with E-state index in [1.54, 1.807) is 0 Å². The zero-order valence-electron chi connectivity index (χ0n) is 14.5. The molecule has 0 radical (unpaired) electrons. The van der Waals surface area contributed by atoms with Crippen molar-refractivity contribution < 1.29 is 18.0 Å². The molecule has 1 aliphatic carbocycles. The van der Waals surface area contributed by atoms with Crippen LogP contribution < -0.4 is 10.6 Å². The van der Waals surface area contributed by atoms with E-state index in [0.717, 1.165) is 32.0 Å². The molecule has 1 aromatic heterocycles. The number of amides is 1. The molecule has 1 aliphatic heterocycles. The van der Waals surface area contributed by atoms with Crippen LogP contribution in [0, 0.1) is 0 Å². The first-order chi connectivity index (χ1) is 12.7. The number of nitrogens with one attached hydrogen (secondary N) is 2. The second-order valence-corrected chi connectivity index (χ2v) is 8.06. The van der Waals surface area contributed by atoms with Crippen molar-refractivity contribution in [3.63, 3.8) is 0 Å². The number of likely N-dealkylation sites (tertiary alicyclic amines) is 1. The van der Waals surface area contributed by atoms with E-state index in [1.807, 2.05) is 7.05 Å². The summed E-state index contributed by atoms with van der Waals surface area (Å²) in [6.45, 7) is 1.55. The Kier molecular flexibility index (Phi) is 4.54. The molecule has 1 saturated carbocycles. The zero-order valence-corrected chi connectivity index (χ0v) is 16.1. The molecule has 0 unspecified atom stereocenters. The largest absolute Gasteiger partial charge is 0.417 e. The average molecular weight is 443 g/mol. The van der Waals surface area contributed by atoms with Crippen LogP contribution >= 0.6 is 15.9 Å². The molecule has 27 heavy (non-hydrogen) atoms. The Hall–Kier alpha value is -1.87. The van der Waals surface area contributed by atoms with E-state index in [2.05, 4.69) is 36.4 Å². The van der Waals surface area contributed by atoms with Gasteiger partial charge in [0.25, 0.3) is 5.91 Å². The fourth-order valence-corrected chi connectivity index (χ4v) is 3.81. The third-order valence-electron chi connectivity index (χ3n) is 4.83. The van der Waals surface area contributed by atoms with Crippen molar-refractivity contribution in [2.24, 2.45) is 0 Å². The Morgan fingerprint density at radius 2 is 1.96 bits per heavy atom. The van der Waals surface area contributed by atoms with E-state index in [4.69, 9.17) is 0 Å². The standard InChI is InChI=1S/C18H18BrF3N4O/c1-26-7-10(8-26)25-17(27)12-6-23-15-5-13(18(20,21)22)14(19)4-11(15)16(12)24-9-2-3-9/h4-6,9-10H,2-3,7-8H2,1H3,(H,23,24)(H,25,27). The molecular formula is C18H18BrF3N4O. The molecular weight excluding hydrogens is 425 g/mol. The van der Waals surface area contributed by atoms with Crippen LogP contribution in [0.25, 0.3) is 10.9 Å². The molecule has 2 fully saturated rings. The molecule has 2 N–H and O–H groups in total. The van der Waals surface area contributed by atoms with Crippen molar-refractivity contribution in [1.82, 2.24) is 15.2 Å². The van der Waals surface area contributed by atoms with E-state index in [9.17, 15) is 18.0 Å². The van der Waals surface area contributed by atoms with Crippen molar-refractivity contribution >= 4 is 38.4 Å². The van der Waals surface area contributed by atoms with Gasteiger partial charge in [0.1, 0.15) is 0 Å². The summed E-state index contributed by atoms with van der Waals surface area (Å²) >= 11 is 3.02. The Balaban J connectivity index is 1.75. The fourth-order valence-electron chi connectivity index (χ4n) is 3.24. The number of rotatable bonds is 4. The molecule has 1 saturated heterocycles. The van der Waals surface area contributed by atoms with Crippen LogP contribution in [-0.4, -0.2) is 48.0 Å². The van der Waals surface area contributed by atoms with Gasteiger partial charge in [0.05, 0.1) is 28.4 Å². The van der Waals surface area contributed by atoms with Crippen molar-refractivity contribution in [2.75, 3.05) is 25.5 Å². The summed E-state index contributed by atoms with van der Waals surface area (Å²) in [6.07, 6.45) is -1.18. The molecule has 2 heterocycles. The lowest BCUT2D eigenvalue weighted by atomic mass is 10.0. The SMILES string of the molecule is CN1CC(NC(=O)c2cnc3cc(C(F)(F)F)c(Br)cc3c2NC2CC2)C1. The van der Waals surface area contributed by atoms with Gasteiger partial charge in [-0.15, -0.1) is 0 Å². The van der Waals surface area contributed by atoms with Crippen molar-refractivity contribution in [1.29, 1.82) is 0 Å². The van der Waals surface area contributed by atoms with Crippen molar-refractivity contribution in [3.8, 4) is 0 Å². The third kappa shape index (κ3) is 3.75. The molecule has 0 bridgehead atoms. The summed E-state index contributed by atoms with van der Waals surface area (Å²) in [7, 11) is 1.97. The highest BCUT2D eigenvalue weighted by Crippen LogP contribution is 2.40. The van der Waals surface area contributed by atoms with E-state index >= 15 is 0 Å². The minimum absolute atomic E-state index is 0.0682. The van der Waals surface area contributed by atoms with Crippen LogP contribution in [0.1, 0.15) is 28.8 Å². The Labute approximate surface area is 162 Å². The molecule has 2 aliphatic rings. The number of alkyl halides is 3. The predicted octanol–water partition coefficient (Wildman–Crippen LogP) is 3.63. The Bertz CT molecular complexity index is 908. The number of pyridine rings is 1. The molecule has 144 valence electrons. The van der Waals surface area contributed by atoms with Gasteiger partial charge in [0.15, 0.2) is 0 Å². The number of aromatic nitrogens is 1. The van der Waals surface area contributed by atoms with Crippen LogP contribution in [0.4, 0.5) is 18.9 Å². The van der Waals surface area contributed by atoms with Crippen LogP contribution in [0.15, 0.2) is 22.8 Å². The van der Waals surface area contributed by atoms with Crippen molar-refractivity contribution in [3.05, 3.63) is 33.9 Å². The van der Waals surface area contributed by atoms with Gasteiger partial charge in [-0.2, -0.15) is 13.2 Å². The maximum atomic E-state index is 13.2. The van der Waals surface area contributed by atoms with Crippen LogP contribution in [0.5, 0.6) is 0 Å². The summed E-state index contributed by atoms with van der Waals surface area (Å²) in [4.78, 5) is 19.0. The first-order valence-corrected chi connectivity index (χ1v) is 9.47. The van der Waals surface area contributed by atoms with E-state index in [0.29, 0.717) is 16.6 Å². The number of anilines is 1. The van der Waals surface area contributed by atoms with Gasteiger partial charge >= 0.3 is 6.18 Å². The summed E-state index contributed by atoms with van der Waals surface area (Å²) in [5, 5.41) is 6.76. The molecule has 5 nitrogen and oxygen atoms in total. The van der Waals surface area contributed by atoms with E-state index < -0.39 is 11.7 Å². The fraction of sp³-hybridized carbons (Fsp3) is 0.444. The summed E-state index contributed by atoms with van der Waals surface area (Å²) in [6, 6.07) is 2.72. The highest BCUT2D eigenvalue weighted by atomic mass is 79.9. The van der Waals surface area contributed by atoms with Gasteiger partial charge in [-0.05, 0) is 32.0 Å². The number of likely N-dealkylation sites (N-methyl/N-ethyl adjacent to an activating group) is 1. The highest BCUT2D eigenvalue weighted by molar-refractivity contribution is 9.10. The van der Waals surface area contributed by atoms with Gasteiger partial charge in [0, 0.05) is 35.2 Å². The monoisotopic (exact) mass is 442 g/mol. The predicted molar refractivity (Wildman–Crippen MR) is 99.8 cm³/mol. The molecule has 9 heteroatoms. The number of benzene rings is 1. The molecule has 1 aromatic carbocycles. The number of hydrogen-bond acceptors (Lipinski definition) is 4. The van der Waals surface area contributed by atoms with Gasteiger partial charge in [-0.3, -0.25) is 9.78 Å². The molecule has 4 rings (SSSR count). The van der Waals surface area contributed by atoms with Gasteiger partial charge in [0.2, 0.25) is 0 Å². The summed E-state index contributed by atoms with van der Waals surface area (Å²) < 4.78 is 39.5. The third-order valence-corrected chi connectivity index (χ3v) is 5.49. The zero-order chi connectivity index (χ0) is 19.3. The minimum Gasteiger partial charge on any atom is -0.381 e. The van der Waals surface area contributed by atoms with Crippen LogP contribution in [0.2, 0.25) is 0 Å². The lowest BCUT2D eigenvalue weighted by Crippen LogP contribution is -2.57. The minimum atomic E-state index is -4.48. The quantitative estimate of drug-likeness (QED) is 0.758. The first-order valence-electron chi connectivity index (χ1n) is 8.68. The van der Waals surface area contributed by atoms with Crippen LogP contribution in [0.3, 0.4) is 0 Å². The van der Waals surface area contributed by atoms with Crippen LogP contribution in [-0.2, 0) is 6.18 Å². The normalized spacial score (nSPS) is 18.4. The maximum absolute atomic E-state index is 13.2. The highest BCUT2D eigenvalue weighted by Gasteiger charge is 2.34. The number of carbonyl (C=O) groups is 1. The number of hydrogen-bond donors (Lipinski definition) is 2. The van der Waals surface area contributed by atoms with Gasteiger partial charge in [-0.25, -0.2) is 0 Å². The molecule has 1 amide bonds. The van der Waals surface area contributed by atoms with E-state index in [-0.39, 0.29) is 28.0 Å². The lowest BCUT2D eigenvalue weighted by Gasteiger charge is -2.36. The smallest absolute Gasteiger partial charge is 0.381 e. The topological polar surface area (TPSA) is 57.3 Å². The second-order valence-electron chi connectivity index (χ2n) is 7.20. The second kappa shape index (κ2) is 6.63. The number of nitrogens with zero attached hydrogens (tertiary/aromatic N) is 2. The number of carbonyl (C=O) groups excluding carboxylic acids is 1. The van der Waals surface area contributed by atoms with Crippen molar-refractivity contribution in [2.45, 2.75) is 31.1 Å². The number of fused-ring (bicyclic) bond motifs is 1. The van der Waals surface area contributed by atoms with Gasteiger partial charge in [-0.1, -0.05) is 15.9 Å². The number of halogens is 4.